The maximum atomic E-state index is 12.7. The van der Waals surface area contributed by atoms with E-state index in [1.54, 1.807) is 17.4 Å². The highest BCUT2D eigenvalue weighted by molar-refractivity contribution is 8.13. The summed E-state index contributed by atoms with van der Waals surface area (Å²) in [6, 6.07) is 11.4. The van der Waals surface area contributed by atoms with Gasteiger partial charge in [-0.2, -0.15) is 0 Å². The summed E-state index contributed by atoms with van der Waals surface area (Å²) in [6.07, 6.45) is 3.07. The molecule has 0 aliphatic carbocycles. The summed E-state index contributed by atoms with van der Waals surface area (Å²) in [4.78, 5) is 21.6. The Balaban J connectivity index is 1.96. The molecule has 0 unspecified atom stereocenters. The average molecular weight is 337 g/mol. The second-order valence-electron chi connectivity index (χ2n) is 5.29. The zero-order chi connectivity index (χ0) is 16.5. The van der Waals surface area contributed by atoms with E-state index in [0.29, 0.717) is 10.9 Å². The van der Waals surface area contributed by atoms with Crippen molar-refractivity contribution in [3.63, 3.8) is 0 Å². The molecule has 1 aromatic carbocycles. The Morgan fingerprint density at radius 2 is 2.00 bits per heavy atom. The molecule has 0 saturated heterocycles. The summed E-state index contributed by atoms with van der Waals surface area (Å²) >= 11 is 1.50. The highest BCUT2D eigenvalue weighted by atomic mass is 32.2. The van der Waals surface area contributed by atoms with Gasteiger partial charge in [0.1, 0.15) is 5.70 Å². The first-order valence-corrected chi connectivity index (χ1v) is 8.65. The molecule has 0 radical (unpaired) electrons. The maximum Gasteiger partial charge on any atom is 0.276 e. The monoisotopic (exact) mass is 337 g/mol. The van der Waals surface area contributed by atoms with Crippen LogP contribution in [0.2, 0.25) is 0 Å². The van der Waals surface area contributed by atoms with Crippen LogP contribution in [0.5, 0.6) is 0 Å². The molecule has 24 heavy (non-hydrogen) atoms. The number of carbonyl (C=O) groups excluding carboxylic acids is 1. The SMILES string of the molecule is CCSC1=NN2C(=c3ccccc3=N[C@H]2c2ccncc2)C(=O)N1. The van der Waals surface area contributed by atoms with Gasteiger partial charge in [0.25, 0.3) is 5.91 Å². The zero-order valence-electron chi connectivity index (χ0n) is 13.0. The second-order valence-corrected chi connectivity index (χ2v) is 6.54. The van der Waals surface area contributed by atoms with Crippen LogP contribution in [0.3, 0.4) is 0 Å². The van der Waals surface area contributed by atoms with Crippen LogP contribution in [0.1, 0.15) is 18.7 Å². The first-order valence-electron chi connectivity index (χ1n) is 7.67. The molecule has 1 amide bonds. The van der Waals surface area contributed by atoms with Gasteiger partial charge < -0.3 is 0 Å². The lowest BCUT2D eigenvalue weighted by Crippen LogP contribution is -2.50. The van der Waals surface area contributed by atoms with Gasteiger partial charge in [0.2, 0.25) is 0 Å². The Morgan fingerprint density at radius 1 is 1.21 bits per heavy atom. The van der Waals surface area contributed by atoms with Crippen LogP contribution >= 0.6 is 11.8 Å². The highest BCUT2D eigenvalue weighted by Crippen LogP contribution is 2.30. The normalized spacial score (nSPS) is 19.0. The number of amides is 1. The third-order valence-electron chi connectivity index (χ3n) is 3.80. The number of nitrogens with zero attached hydrogens (tertiary/aromatic N) is 4. The number of hydrazone groups is 1. The summed E-state index contributed by atoms with van der Waals surface area (Å²) in [5.41, 5.74) is 1.47. The van der Waals surface area contributed by atoms with Gasteiger partial charge in [0.15, 0.2) is 11.3 Å². The van der Waals surface area contributed by atoms with Crippen molar-refractivity contribution in [1.82, 2.24) is 15.3 Å². The molecule has 4 rings (SSSR count). The quantitative estimate of drug-likeness (QED) is 0.887. The molecular formula is C17H15N5OS. The third-order valence-corrected chi connectivity index (χ3v) is 4.55. The molecule has 2 aromatic rings. The Labute approximate surface area is 143 Å². The predicted octanol–water partition coefficient (Wildman–Crippen LogP) is 0.978. The van der Waals surface area contributed by atoms with Crippen LogP contribution in [0.4, 0.5) is 0 Å². The van der Waals surface area contributed by atoms with Gasteiger partial charge in [0, 0.05) is 23.2 Å². The number of amidine groups is 1. The van der Waals surface area contributed by atoms with Gasteiger partial charge in [-0.1, -0.05) is 36.9 Å². The molecule has 0 fully saturated rings. The Morgan fingerprint density at radius 3 is 2.79 bits per heavy atom. The standard InChI is InChI=1S/C17H15N5OS/c1-2-24-17-20-16(23)14-12-5-3-4-6-13(12)19-15(22(14)21-17)11-7-9-18-10-8-11/h3-10,15H,2H2,1H3,(H,20,21,23)/t15-/m1/s1. The van der Waals surface area contributed by atoms with E-state index in [4.69, 9.17) is 4.99 Å². The molecule has 6 nitrogen and oxygen atoms in total. The molecule has 0 spiro atoms. The van der Waals surface area contributed by atoms with Crippen molar-refractivity contribution in [3.8, 4) is 0 Å². The number of aromatic nitrogens is 1. The molecular weight excluding hydrogens is 322 g/mol. The van der Waals surface area contributed by atoms with Crippen molar-refractivity contribution in [1.29, 1.82) is 0 Å². The molecule has 0 saturated carbocycles. The lowest BCUT2D eigenvalue weighted by molar-refractivity contribution is -0.116. The Bertz CT molecular complexity index is 941. The number of nitrogens with one attached hydrogen (secondary N) is 1. The van der Waals surface area contributed by atoms with Crippen LogP contribution in [-0.4, -0.2) is 26.8 Å². The van der Waals surface area contributed by atoms with Crippen LogP contribution in [0, 0.1) is 0 Å². The van der Waals surface area contributed by atoms with Gasteiger partial charge in [-0.3, -0.25) is 20.1 Å². The second kappa shape index (κ2) is 6.09. The predicted molar refractivity (Wildman–Crippen MR) is 93.2 cm³/mol. The maximum absolute atomic E-state index is 12.7. The summed E-state index contributed by atoms with van der Waals surface area (Å²) in [5.74, 6) is 0.679. The molecule has 120 valence electrons. The van der Waals surface area contributed by atoms with E-state index in [1.165, 1.54) is 11.8 Å². The van der Waals surface area contributed by atoms with E-state index in [0.717, 1.165) is 21.9 Å². The van der Waals surface area contributed by atoms with E-state index in [-0.39, 0.29) is 12.1 Å². The lowest BCUT2D eigenvalue weighted by Gasteiger charge is -2.33. The molecule has 1 N–H and O–H groups in total. The summed E-state index contributed by atoms with van der Waals surface area (Å²) < 4.78 is 0. The van der Waals surface area contributed by atoms with Crippen molar-refractivity contribution in [2.45, 2.75) is 13.1 Å². The fraction of sp³-hybridized carbons (Fsp3) is 0.176. The largest absolute Gasteiger partial charge is 0.298 e. The molecule has 2 aliphatic heterocycles. The highest BCUT2D eigenvalue weighted by Gasteiger charge is 2.34. The number of rotatable bonds is 2. The van der Waals surface area contributed by atoms with Crippen molar-refractivity contribution >= 4 is 28.5 Å². The number of thioether (sulfide) groups is 1. The first-order chi connectivity index (χ1) is 11.8. The Kier molecular flexibility index (Phi) is 3.78. The lowest BCUT2D eigenvalue weighted by atomic mass is 10.1. The zero-order valence-corrected chi connectivity index (χ0v) is 13.8. The molecule has 1 aromatic heterocycles. The fourth-order valence-electron chi connectivity index (χ4n) is 2.78. The van der Waals surface area contributed by atoms with Crippen LogP contribution in [-0.2, 0) is 4.79 Å². The van der Waals surface area contributed by atoms with E-state index in [1.807, 2.05) is 43.3 Å². The molecule has 1 atom stereocenters. The summed E-state index contributed by atoms with van der Waals surface area (Å²) in [5, 5.41) is 11.4. The van der Waals surface area contributed by atoms with Gasteiger partial charge in [-0.05, 0) is 24.0 Å². The topological polar surface area (TPSA) is 70.0 Å². The van der Waals surface area contributed by atoms with E-state index in [9.17, 15) is 4.79 Å². The van der Waals surface area contributed by atoms with Crippen LogP contribution < -0.4 is 15.9 Å². The van der Waals surface area contributed by atoms with Gasteiger partial charge >= 0.3 is 0 Å². The number of benzene rings is 1. The molecule has 2 aliphatic rings. The van der Waals surface area contributed by atoms with E-state index in [2.05, 4.69) is 15.4 Å². The molecule has 0 bridgehead atoms. The minimum absolute atomic E-state index is 0.151. The van der Waals surface area contributed by atoms with Gasteiger partial charge in [0.05, 0.1) is 5.36 Å². The van der Waals surface area contributed by atoms with Crippen molar-refractivity contribution in [2.75, 3.05) is 5.75 Å². The van der Waals surface area contributed by atoms with Gasteiger partial charge in [-0.25, -0.2) is 5.01 Å². The molecule has 3 heterocycles. The van der Waals surface area contributed by atoms with Crippen molar-refractivity contribution in [3.05, 3.63) is 64.9 Å². The fourth-order valence-corrected chi connectivity index (χ4v) is 3.37. The minimum atomic E-state index is -0.378. The number of fused-ring (bicyclic) bond motifs is 2. The van der Waals surface area contributed by atoms with Crippen LogP contribution in [0.15, 0.2) is 58.9 Å². The number of pyridine rings is 1. The number of carbonyl (C=O) groups is 1. The van der Waals surface area contributed by atoms with Gasteiger partial charge in [-0.15, -0.1) is 5.10 Å². The smallest absolute Gasteiger partial charge is 0.276 e. The molecule has 7 heteroatoms. The number of hydrogen-bond acceptors (Lipinski definition) is 6. The summed E-state index contributed by atoms with van der Waals surface area (Å²) in [6.45, 7) is 2.02. The van der Waals surface area contributed by atoms with Crippen LogP contribution in [0.25, 0.3) is 5.70 Å². The first kappa shape index (κ1) is 14.9. The van der Waals surface area contributed by atoms with Crippen molar-refractivity contribution < 1.29 is 4.79 Å². The Hall–Kier alpha value is -2.67. The van der Waals surface area contributed by atoms with E-state index >= 15 is 0 Å². The number of para-hydroxylation sites is 1. The van der Waals surface area contributed by atoms with E-state index < -0.39 is 0 Å². The minimum Gasteiger partial charge on any atom is -0.298 e. The average Bonchev–Trinajstić information content (AvgIpc) is 2.62. The number of hydrogen-bond donors (Lipinski definition) is 1. The van der Waals surface area contributed by atoms with Crippen molar-refractivity contribution in [2.24, 2.45) is 10.1 Å². The summed E-state index contributed by atoms with van der Waals surface area (Å²) in [7, 11) is 0. The third kappa shape index (κ3) is 2.46.